The Kier molecular flexibility index (Phi) is 1.92. The fraction of sp³-hybridized carbons (Fsp3) is 0.333. The molecular weight excluding hydrogens is 186 g/mol. The molecule has 1 aromatic carbocycles. The maximum atomic E-state index is 5.89. The SMILES string of the molecule is Nc1cccc2cc(CNC3CC3)[nH]c12. The van der Waals surface area contributed by atoms with E-state index in [4.69, 9.17) is 5.73 Å². The van der Waals surface area contributed by atoms with E-state index < -0.39 is 0 Å². The molecule has 78 valence electrons. The van der Waals surface area contributed by atoms with Gasteiger partial charge in [0.15, 0.2) is 0 Å². The average Bonchev–Trinajstić information content (AvgIpc) is 2.95. The van der Waals surface area contributed by atoms with Crippen LogP contribution in [0.25, 0.3) is 10.9 Å². The summed E-state index contributed by atoms with van der Waals surface area (Å²) in [6, 6.07) is 8.92. The Morgan fingerprint density at radius 3 is 3.00 bits per heavy atom. The van der Waals surface area contributed by atoms with Crippen molar-refractivity contribution in [1.82, 2.24) is 10.3 Å². The normalized spacial score (nSPS) is 16.0. The summed E-state index contributed by atoms with van der Waals surface area (Å²) in [5.74, 6) is 0. The van der Waals surface area contributed by atoms with Gasteiger partial charge in [0, 0.05) is 23.7 Å². The van der Waals surface area contributed by atoms with Gasteiger partial charge in [0.2, 0.25) is 0 Å². The number of rotatable bonds is 3. The number of benzene rings is 1. The summed E-state index contributed by atoms with van der Waals surface area (Å²) in [5, 5.41) is 4.68. The highest BCUT2D eigenvalue weighted by Gasteiger charge is 2.20. The van der Waals surface area contributed by atoms with Crippen molar-refractivity contribution in [3.05, 3.63) is 30.0 Å². The standard InChI is InChI=1S/C12H15N3/c13-11-3-1-2-8-6-10(15-12(8)11)7-14-9-4-5-9/h1-3,6,9,14-15H,4-5,7,13H2. The van der Waals surface area contributed by atoms with Gasteiger partial charge >= 0.3 is 0 Å². The molecule has 1 fully saturated rings. The van der Waals surface area contributed by atoms with Crippen LogP contribution in [0.4, 0.5) is 5.69 Å². The van der Waals surface area contributed by atoms with Crippen molar-refractivity contribution in [2.24, 2.45) is 0 Å². The van der Waals surface area contributed by atoms with Crippen molar-refractivity contribution in [1.29, 1.82) is 0 Å². The van der Waals surface area contributed by atoms with Gasteiger partial charge in [0.25, 0.3) is 0 Å². The van der Waals surface area contributed by atoms with Gasteiger partial charge in [-0.15, -0.1) is 0 Å². The molecule has 1 aromatic heterocycles. The lowest BCUT2D eigenvalue weighted by Gasteiger charge is -1.98. The van der Waals surface area contributed by atoms with Crippen LogP contribution in [0.2, 0.25) is 0 Å². The molecule has 0 spiro atoms. The van der Waals surface area contributed by atoms with Gasteiger partial charge in [-0.1, -0.05) is 12.1 Å². The van der Waals surface area contributed by atoms with E-state index in [2.05, 4.69) is 22.4 Å². The minimum atomic E-state index is 0.744. The van der Waals surface area contributed by atoms with E-state index in [1.54, 1.807) is 0 Å². The second-order valence-electron chi connectivity index (χ2n) is 4.26. The predicted octanol–water partition coefficient (Wildman–Crippen LogP) is 2.00. The molecule has 2 aromatic rings. The monoisotopic (exact) mass is 201 g/mol. The maximum Gasteiger partial charge on any atom is 0.0690 e. The van der Waals surface area contributed by atoms with Gasteiger partial charge in [-0.2, -0.15) is 0 Å². The van der Waals surface area contributed by atoms with E-state index in [-0.39, 0.29) is 0 Å². The van der Waals surface area contributed by atoms with E-state index in [1.807, 2.05) is 12.1 Å². The van der Waals surface area contributed by atoms with Crippen molar-refractivity contribution in [3.63, 3.8) is 0 Å². The van der Waals surface area contributed by atoms with Crippen LogP contribution in [0.1, 0.15) is 18.5 Å². The number of fused-ring (bicyclic) bond motifs is 1. The van der Waals surface area contributed by atoms with Gasteiger partial charge in [-0.05, 0) is 25.0 Å². The largest absolute Gasteiger partial charge is 0.397 e. The lowest BCUT2D eigenvalue weighted by molar-refractivity contribution is 0.678. The first-order valence-electron chi connectivity index (χ1n) is 5.42. The van der Waals surface area contributed by atoms with Crippen molar-refractivity contribution in [2.45, 2.75) is 25.4 Å². The molecule has 3 rings (SSSR count). The molecule has 1 heterocycles. The van der Waals surface area contributed by atoms with E-state index in [9.17, 15) is 0 Å². The Bertz CT molecular complexity index is 483. The highest BCUT2D eigenvalue weighted by atomic mass is 15.0. The van der Waals surface area contributed by atoms with Crippen molar-refractivity contribution in [3.8, 4) is 0 Å². The number of nitrogens with one attached hydrogen (secondary N) is 2. The number of nitrogen functional groups attached to an aromatic ring is 1. The molecule has 4 N–H and O–H groups in total. The van der Waals surface area contributed by atoms with Crippen LogP contribution in [0, 0.1) is 0 Å². The zero-order valence-electron chi connectivity index (χ0n) is 8.59. The average molecular weight is 201 g/mol. The predicted molar refractivity (Wildman–Crippen MR) is 62.6 cm³/mol. The van der Waals surface area contributed by atoms with Gasteiger partial charge in [0.05, 0.1) is 11.2 Å². The Hall–Kier alpha value is -1.48. The van der Waals surface area contributed by atoms with Gasteiger partial charge in [-0.25, -0.2) is 0 Å². The number of para-hydroxylation sites is 1. The van der Waals surface area contributed by atoms with E-state index in [0.29, 0.717) is 0 Å². The molecule has 1 aliphatic rings. The molecule has 0 aliphatic heterocycles. The van der Waals surface area contributed by atoms with Crippen LogP contribution in [0.3, 0.4) is 0 Å². The first-order valence-corrected chi connectivity index (χ1v) is 5.42. The molecule has 0 saturated heterocycles. The van der Waals surface area contributed by atoms with Gasteiger partial charge in [0.1, 0.15) is 0 Å². The van der Waals surface area contributed by atoms with E-state index >= 15 is 0 Å². The molecule has 0 bridgehead atoms. The molecular formula is C12H15N3. The van der Waals surface area contributed by atoms with Gasteiger partial charge < -0.3 is 16.0 Å². The van der Waals surface area contributed by atoms with Crippen LogP contribution in [0.15, 0.2) is 24.3 Å². The Labute approximate surface area is 88.7 Å². The zero-order chi connectivity index (χ0) is 10.3. The van der Waals surface area contributed by atoms with E-state index in [1.165, 1.54) is 23.9 Å². The third-order valence-corrected chi connectivity index (χ3v) is 2.90. The highest BCUT2D eigenvalue weighted by Crippen LogP contribution is 2.22. The van der Waals surface area contributed by atoms with Crippen LogP contribution >= 0.6 is 0 Å². The molecule has 0 unspecified atom stereocenters. The second kappa shape index (κ2) is 3.28. The van der Waals surface area contributed by atoms with Crippen molar-refractivity contribution in [2.75, 3.05) is 5.73 Å². The molecule has 1 saturated carbocycles. The third-order valence-electron chi connectivity index (χ3n) is 2.90. The van der Waals surface area contributed by atoms with Crippen LogP contribution < -0.4 is 11.1 Å². The third kappa shape index (κ3) is 1.70. The number of hydrogen-bond donors (Lipinski definition) is 3. The number of nitrogens with two attached hydrogens (primary N) is 1. The van der Waals surface area contributed by atoms with Crippen LogP contribution in [-0.4, -0.2) is 11.0 Å². The lowest BCUT2D eigenvalue weighted by Crippen LogP contribution is -2.15. The molecule has 3 nitrogen and oxygen atoms in total. The highest BCUT2D eigenvalue weighted by molar-refractivity contribution is 5.90. The summed E-state index contributed by atoms with van der Waals surface area (Å²) in [7, 11) is 0. The smallest absolute Gasteiger partial charge is 0.0690 e. The second-order valence-corrected chi connectivity index (χ2v) is 4.26. The zero-order valence-corrected chi connectivity index (χ0v) is 8.59. The van der Waals surface area contributed by atoms with Crippen molar-refractivity contribution < 1.29 is 0 Å². The number of aromatic amines is 1. The Morgan fingerprint density at radius 2 is 2.27 bits per heavy atom. The van der Waals surface area contributed by atoms with Crippen molar-refractivity contribution >= 4 is 16.6 Å². The number of hydrogen-bond acceptors (Lipinski definition) is 2. The molecule has 3 heteroatoms. The molecule has 0 radical (unpaired) electrons. The number of aromatic nitrogens is 1. The minimum absolute atomic E-state index is 0.744. The summed E-state index contributed by atoms with van der Waals surface area (Å²) in [4.78, 5) is 3.36. The summed E-state index contributed by atoms with van der Waals surface area (Å²) >= 11 is 0. The fourth-order valence-corrected chi connectivity index (χ4v) is 1.87. The summed E-state index contributed by atoms with van der Waals surface area (Å²) < 4.78 is 0. The summed E-state index contributed by atoms with van der Waals surface area (Å²) in [5.41, 5.74) is 8.99. The topological polar surface area (TPSA) is 53.8 Å². The number of H-pyrrole nitrogens is 1. The minimum Gasteiger partial charge on any atom is -0.397 e. The summed E-state index contributed by atoms with van der Waals surface area (Å²) in [6.07, 6.45) is 2.64. The van der Waals surface area contributed by atoms with E-state index in [0.717, 1.165) is 23.8 Å². The molecule has 15 heavy (non-hydrogen) atoms. The first-order chi connectivity index (χ1) is 7.33. The Morgan fingerprint density at radius 1 is 1.40 bits per heavy atom. The van der Waals surface area contributed by atoms with Gasteiger partial charge in [-0.3, -0.25) is 0 Å². The van der Waals surface area contributed by atoms with Crippen LogP contribution in [0.5, 0.6) is 0 Å². The molecule has 0 amide bonds. The lowest BCUT2D eigenvalue weighted by atomic mass is 10.2. The fourth-order valence-electron chi connectivity index (χ4n) is 1.87. The maximum absolute atomic E-state index is 5.89. The first kappa shape index (κ1) is 8.80. The van der Waals surface area contributed by atoms with Crippen LogP contribution in [-0.2, 0) is 6.54 Å². The molecule has 1 aliphatic carbocycles. The molecule has 0 atom stereocenters. The summed E-state index contributed by atoms with van der Waals surface area (Å²) in [6.45, 7) is 0.915. The Balaban J connectivity index is 1.88. The number of anilines is 1. The quantitative estimate of drug-likeness (QED) is 0.665.